The van der Waals surface area contributed by atoms with Crippen LogP contribution in [0.1, 0.15) is 13.8 Å². The maximum Gasteiger partial charge on any atom is 0.111 e. The standard InChI is InChI=1S/C8H16O2/c1-4-9-5-6-10-7-8(2)3/h4,8H,1,5-7H2,2-3H3. The topological polar surface area (TPSA) is 18.5 Å². The Hall–Kier alpha value is -0.500. The van der Waals surface area contributed by atoms with Crippen molar-refractivity contribution in [1.82, 2.24) is 0 Å². The largest absolute Gasteiger partial charge is 0.499 e. The van der Waals surface area contributed by atoms with Gasteiger partial charge in [0.2, 0.25) is 0 Å². The van der Waals surface area contributed by atoms with Crippen molar-refractivity contribution < 1.29 is 9.47 Å². The van der Waals surface area contributed by atoms with Gasteiger partial charge in [-0.1, -0.05) is 20.4 Å². The van der Waals surface area contributed by atoms with Crippen molar-refractivity contribution >= 4 is 0 Å². The first-order valence-electron chi connectivity index (χ1n) is 3.57. The number of hydrogen-bond donors (Lipinski definition) is 0. The molecular weight excluding hydrogens is 128 g/mol. The van der Waals surface area contributed by atoms with Crippen LogP contribution in [-0.4, -0.2) is 19.8 Å². The third-order valence-electron chi connectivity index (χ3n) is 0.915. The molecule has 0 radical (unpaired) electrons. The first kappa shape index (κ1) is 9.50. The second-order valence-electron chi connectivity index (χ2n) is 2.51. The Morgan fingerprint density at radius 3 is 2.60 bits per heavy atom. The van der Waals surface area contributed by atoms with E-state index in [2.05, 4.69) is 20.4 Å². The summed E-state index contributed by atoms with van der Waals surface area (Å²) in [5, 5.41) is 0. The molecule has 10 heavy (non-hydrogen) atoms. The van der Waals surface area contributed by atoms with Gasteiger partial charge in [0.15, 0.2) is 0 Å². The highest BCUT2D eigenvalue weighted by Gasteiger charge is 1.91. The molecule has 0 aromatic heterocycles. The van der Waals surface area contributed by atoms with Crippen molar-refractivity contribution in [3.63, 3.8) is 0 Å². The molecule has 0 amide bonds. The van der Waals surface area contributed by atoms with Crippen LogP contribution < -0.4 is 0 Å². The van der Waals surface area contributed by atoms with Crippen LogP contribution in [0.4, 0.5) is 0 Å². The van der Waals surface area contributed by atoms with Crippen LogP contribution in [-0.2, 0) is 9.47 Å². The minimum absolute atomic E-state index is 0.601. The Bertz CT molecular complexity index is 79.3. The van der Waals surface area contributed by atoms with Gasteiger partial charge < -0.3 is 9.47 Å². The molecule has 0 saturated heterocycles. The molecule has 0 atom stereocenters. The quantitative estimate of drug-likeness (QED) is 0.418. The zero-order valence-corrected chi connectivity index (χ0v) is 6.80. The smallest absolute Gasteiger partial charge is 0.111 e. The Balaban J connectivity index is 2.83. The molecule has 0 aliphatic rings. The molecule has 0 rings (SSSR count). The lowest BCUT2D eigenvalue weighted by molar-refractivity contribution is 0.0694. The summed E-state index contributed by atoms with van der Waals surface area (Å²) < 4.78 is 10.1. The monoisotopic (exact) mass is 144 g/mol. The van der Waals surface area contributed by atoms with Crippen molar-refractivity contribution in [2.45, 2.75) is 13.8 Å². The van der Waals surface area contributed by atoms with E-state index in [1.165, 1.54) is 6.26 Å². The maximum absolute atomic E-state index is 5.22. The predicted octanol–water partition coefficient (Wildman–Crippen LogP) is 1.82. The Labute approximate surface area is 62.8 Å². The fourth-order valence-corrected chi connectivity index (χ4v) is 0.509. The molecular formula is C8H16O2. The van der Waals surface area contributed by atoms with Crippen LogP contribution >= 0.6 is 0 Å². The van der Waals surface area contributed by atoms with Crippen molar-refractivity contribution in [2.75, 3.05) is 19.8 Å². The molecule has 2 nitrogen and oxygen atoms in total. The molecule has 0 bridgehead atoms. The second kappa shape index (κ2) is 6.62. The summed E-state index contributed by atoms with van der Waals surface area (Å²) in [6, 6.07) is 0. The van der Waals surface area contributed by atoms with Gasteiger partial charge >= 0.3 is 0 Å². The third kappa shape index (κ3) is 7.50. The molecule has 0 N–H and O–H groups in total. The van der Waals surface area contributed by atoms with Gasteiger partial charge in [-0.15, -0.1) is 0 Å². The Morgan fingerprint density at radius 1 is 1.40 bits per heavy atom. The molecule has 2 heteroatoms. The van der Waals surface area contributed by atoms with Gasteiger partial charge in [0, 0.05) is 6.61 Å². The summed E-state index contributed by atoms with van der Waals surface area (Å²) in [6.07, 6.45) is 1.43. The third-order valence-corrected chi connectivity index (χ3v) is 0.915. The van der Waals surface area contributed by atoms with Crippen LogP contribution in [0.15, 0.2) is 12.8 Å². The molecule has 0 aromatic carbocycles. The summed E-state index contributed by atoms with van der Waals surface area (Å²) in [5.74, 6) is 0.601. The summed E-state index contributed by atoms with van der Waals surface area (Å²) in [5.41, 5.74) is 0. The molecule has 0 spiro atoms. The van der Waals surface area contributed by atoms with Gasteiger partial charge in [-0.3, -0.25) is 0 Å². The van der Waals surface area contributed by atoms with E-state index in [1.807, 2.05) is 0 Å². The maximum atomic E-state index is 5.22. The van der Waals surface area contributed by atoms with Crippen molar-refractivity contribution in [3.05, 3.63) is 12.8 Å². The highest BCUT2D eigenvalue weighted by molar-refractivity contribution is 4.48. The van der Waals surface area contributed by atoms with E-state index >= 15 is 0 Å². The SMILES string of the molecule is C=COCCOCC(C)C. The molecule has 0 unspecified atom stereocenters. The summed E-state index contributed by atoms with van der Waals surface area (Å²) in [4.78, 5) is 0. The first-order chi connectivity index (χ1) is 4.77. The van der Waals surface area contributed by atoms with Crippen molar-refractivity contribution in [3.8, 4) is 0 Å². The van der Waals surface area contributed by atoms with E-state index in [9.17, 15) is 0 Å². The summed E-state index contributed by atoms with van der Waals surface area (Å²) >= 11 is 0. The molecule has 0 aliphatic carbocycles. The normalized spacial score (nSPS) is 9.90. The lowest BCUT2D eigenvalue weighted by Gasteiger charge is -2.05. The van der Waals surface area contributed by atoms with Crippen LogP contribution in [0.2, 0.25) is 0 Å². The average molecular weight is 144 g/mol. The molecule has 0 saturated carbocycles. The van der Waals surface area contributed by atoms with E-state index in [1.54, 1.807) is 0 Å². The Kier molecular flexibility index (Phi) is 6.29. The van der Waals surface area contributed by atoms with E-state index in [0.29, 0.717) is 19.1 Å². The number of rotatable bonds is 6. The van der Waals surface area contributed by atoms with Crippen LogP contribution in [0, 0.1) is 5.92 Å². The lowest BCUT2D eigenvalue weighted by Crippen LogP contribution is -2.06. The van der Waals surface area contributed by atoms with Crippen molar-refractivity contribution in [2.24, 2.45) is 5.92 Å². The van der Waals surface area contributed by atoms with Crippen LogP contribution in [0.3, 0.4) is 0 Å². The fourth-order valence-electron chi connectivity index (χ4n) is 0.509. The number of ether oxygens (including phenoxy) is 2. The average Bonchev–Trinajstić information content (AvgIpc) is 1.87. The minimum atomic E-state index is 0.601. The molecule has 60 valence electrons. The van der Waals surface area contributed by atoms with Gasteiger partial charge in [-0.25, -0.2) is 0 Å². The van der Waals surface area contributed by atoms with Gasteiger partial charge in [-0.2, -0.15) is 0 Å². The van der Waals surface area contributed by atoms with E-state index in [0.717, 1.165) is 6.61 Å². The lowest BCUT2D eigenvalue weighted by atomic mass is 10.2. The van der Waals surface area contributed by atoms with Gasteiger partial charge in [0.25, 0.3) is 0 Å². The van der Waals surface area contributed by atoms with Gasteiger partial charge in [0.1, 0.15) is 6.61 Å². The van der Waals surface area contributed by atoms with E-state index < -0.39 is 0 Å². The molecule has 0 fully saturated rings. The van der Waals surface area contributed by atoms with Crippen LogP contribution in [0.5, 0.6) is 0 Å². The molecule has 0 aliphatic heterocycles. The Morgan fingerprint density at radius 2 is 2.10 bits per heavy atom. The predicted molar refractivity (Wildman–Crippen MR) is 41.8 cm³/mol. The summed E-state index contributed by atoms with van der Waals surface area (Å²) in [7, 11) is 0. The zero-order valence-electron chi connectivity index (χ0n) is 6.80. The molecule has 0 aromatic rings. The van der Waals surface area contributed by atoms with E-state index in [-0.39, 0.29) is 0 Å². The first-order valence-corrected chi connectivity index (χ1v) is 3.57. The highest BCUT2D eigenvalue weighted by atomic mass is 16.5. The van der Waals surface area contributed by atoms with Crippen molar-refractivity contribution in [1.29, 1.82) is 0 Å². The summed E-state index contributed by atoms with van der Waals surface area (Å²) in [6.45, 7) is 9.72. The second-order valence-corrected chi connectivity index (χ2v) is 2.51. The number of hydrogen-bond acceptors (Lipinski definition) is 2. The molecule has 0 heterocycles. The van der Waals surface area contributed by atoms with Crippen LogP contribution in [0.25, 0.3) is 0 Å². The fraction of sp³-hybridized carbons (Fsp3) is 0.750. The minimum Gasteiger partial charge on any atom is -0.499 e. The highest BCUT2D eigenvalue weighted by Crippen LogP contribution is 1.91. The van der Waals surface area contributed by atoms with E-state index in [4.69, 9.17) is 9.47 Å². The van der Waals surface area contributed by atoms with Gasteiger partial charge in [0.05, 0.1) is 12.9 Å². The zero-order chi connectivity index (χ0) is 7.82. The van der Waals surface area contributed by atoms with Gasteiger partial charge in [-0.05, 0) is 5.92 Å².